The van der Waals surface area contributed by atoms with E-state index in [1.54, 1.807) is 24.3 Å². The number of furan rings is 1. The molecule has 0 amide bonds. The van der Waals surface area contributed by atoms with Gasteiger partial charge in [0, 0.05) is 7.05 Å². The molecule has 1 N–H and O–H groups in total. The smallest absolute Gasteiger partial charge is 0.162 e. The average molecular weight is 235 g/mol. The summed E-state index contributed by atoms with van der Waals surface area (Å²) in [4.78, 5) is 0. The third-order valence-electron chi connectivity index (χ3n) is 2.68. The zero-order valence-electron chi connectivity index (χ0n) is 10.3. The van der Waals surface area contributed by atoms with Crippen LogP contribution in [0.2, 0.25) is 0 Å². The summed E-state index contributed by atoms with van der Waals surface area (Å²) in [5.74, 6) is 1.61. The van der Waals surface area contributed by atoms with E-state index in [-0.39, 0.29) is 6.04 Å². The zero-order valence-corrected chi connectivity index (χ0v) is 10.3. The van der Waals surface area contributed by atoms with Crippen LogP contribution in [0, 0.1) is 0 Å². The van der Waals surface area contributed by atoms with Crippen LogP contribution in [-0.4, -0.2) is 23.4 Å². The molecule has 5 nitrogen and oxygen atoms in total. The summed E-state index contributed by atoms with van der Waals surface area (Å²) in [6, 6.07) is 3.78. The van der Waals surface area contributed by atoms with Gasteiger partial charge in [0.25, 0.3) is 0 Å². The van der Waals surface area contributed by atoms with Crippen molar-refractivity contribution in [1.82, 2.24) is 15.1 Å². The maximum absolute atomic E-state index is 5.47. The molecule has 5 heteroatoms. The number of aryl methyl sites for hydroxylation is 1. The van der Waals surface area contributed by atoms with Gasteiger partial charge in [0.2, 0.25) is 0 Å². The maximum Gasteiger partial charge on any atom is 0.162 e. The summed E-state index contributed by atoms with van der Waals surface area (Å²) < 4.78 is 12.6. The summed E-state index contributed by atoms with van der Waals surface area (Å²) in [5, 5.41) is 7.58. The summed E-state index contributed by atoms with van der Waals surface area (Å²) in [6.07, 6.45) is 3.38. The van der Waals surface area contributed by atoms with Crippen molar-refractivity contribution in [2.75, 3.05) is 13.7 Å². The molecule has 0 aliphatic carbocycles. The van der Waals surface area contributed by atoms with Gasteiger partial charge in [-0.15, -0.1) is 0 Å². The summed E-state index contributed by atoms with van der Waals surface area (Å²) in [5.41, 5.74) is 0.962. The van der Waals surface area contributed by atoms with Crippen molar-refractivity contribution in [3.63, 3.8) is 0 Å². The third kappa shape index (κ3) is 2.19. The van der Waals surface area contributed by atoms with Crippen LogP contribution in [0.4, 0.5) is 0 Å². The minimum absolute atomic E-state index is 0.0440. The Morgan fingerprint density at radius 3 is 3.00 bits per heavy atom. The van der Waals surface area contributed by atoms with E-state index >= 15 is 0 Å². The highest BCUT2D eigenvalue weighted by molar-refractivity contribution is 5.33. The first-order valence-corrected chi connectivity index (χ1v) is 5.60. The number of rotatable bonds is 5. The molecule has 1 unspecified atom stereocenters. The highest BCUT2D eigenvalue weighted by Gasteiger charge is 2.23. The number of ether oxygens (including phenoxy) is 1. The van der Waals surface area contributed by atoms with Crippen molar-refractivity contribution < 1.29 is 9.15 Å². The zero-order chi connectivity index (χ0) is 12.3. The Morgan fingerprint density at radius 1 is 1.59 bits per heavy atom. The molecule has 0 radical (unpaired) electrons. The van der Waals surface area contributed by atoms with Gasteiger partial charge in [-0.25, -0.2) is 0 Å². The lowest BCUT2D eigenvalue weighted by Gasteiger charge is -2.17. The van der Waals surface area contributed by atoms with E-state index in [1.165, 1.54) is 0 Å². The van der Waals surface area contributed by atoms with E-state index in [1.807, 2.05) is 19.2 Å². The standard InChI is InChI=1S/C12H17N3O2/c1-4-13-11(9-6-5-7-17-9)12-10(16-3)8-14-15(12)2/h5-8,11,13H,4H2,1-3H3. The van der Waals surface area contributed by atoms with E-state index in [0.29, 0.717) is 0 Å². The van der Waals surface area contributed by atoms with Gasteiger partial charge >= 0.3 is 0 Å². The molecule has 2 aromatic rings. The topological polar surface area (TPSA) is 52.2 Å². The van der Waals surface area contributed by atoms with E-state index in [4.69, 9.17) is 9.15 Å². The van der Waals surface area contributed by atoms with Gasteiger partial charge in [0.1, 0.15) is 17.5 Å². The first-order chi connectivity index (χ1) is 8.27. The molecule has 0 spiro atoms. The molecule has 0 fully saturated rings. The fraction of sp³-hybridized carbons (Fsp3) is 0.417. The van der Waals surface area contributed by atoms with Gasteiger partial charge in [-0.1, -0.05) is 6.92 Å². The van der Waals surface area contributed by atoms with Crippen LogP contribution in [0.3, 0.4) is 0 Å². The number of hydrogen-bond donors (Lipinski definition) is 1. The lowest BCUT2D eigenvalue weighted by atomic mass is 10.1. The van der Waals surface area contributed by atoms with E-state index < -0.39 is 0 Å². The van der Waals surface area contributed by atoms with Gasteiger partial charge < -0.3 is 14.5 Å². The molecule has 0 aliphatic rings. The summed E-state index contributed by atoms with van der Waals surface area (Å²) in [7, 11) is 3.54. The molecule has 0 saturated carbocycles. The van der Waals surface area contributed by atoms with E-state index in [9.17, 15) is 0 Å². The Hall–Kier alpha value is -1.75. The molecule has 17 heavy (non-hydrogen) atoms. The molecular weight excluding hydrogens is 218 g/mol. The number of aromatic nitrogens is 2. The van der Waals surface area contributed by atoms with Gasteiger partial charge in [-0.3, -0.25) is 4.68 Å². The molecular formula is C12H17N3O2. The highest BCUT2D eigenvalue weighted by atomic mass is 16.5. The third-order valence-corrected chi connectivity index (χ3v) is 2.68. The average Bonchev–Trinajstić information content (AvgIpc) is 2.95. The second-order valence-corrected chi connectivity index (χ2v) is 3.73. The molecule has 0 aliphatic heterocycles. The van der Waals surface area contributed by atoms with Crippen molar-refractivity contribution in [3.8, 4) is 5.75 Å². The number of methoxy groups -OCH3 is 1. The van der Waals surface area contributed by atoms with Gasteiger partial charge in [0.05, 0.1) is 19.6 Å². The Bertz CT molecular complexity index is 462. The molecule has 0 bridgehead atoms. The molecule has 2 rings (SSSR count). The lowest BCUT2D eigenvalue weighted by molar-refractivity contribution is 0.387. The van der Waals surface area contributed by atoms with Crippen molar-refractivity contribution in [2.45, 2.75) is 13.0 Å². The summed E-state index contributed by atoms with van der Waals surface area (Å²) in [6.45, 7) is 2.89. The second-order valence-electron chi connectivity index (χ2n) is 3.73. The predicted octanol–water partition coefficient (Wildman–Crippen LogP) is 1.72. The van der Waals surface area contributed by atoms with Crippen LogP contribution >= 0.6 is 0 Å². The van der Waals surface area contributed by atoms with Crippen LogP contribution in [0.15, 0.2) is 29.0 Å². The maximum atomic E-state index is 5.47. The number of nitrogens with one attached hydrogen (secondary N) is 1. The first-order valence-electron chi connectivity index (χ1n) is 5.60. The predicted molar refractivity (Wildman–Crippen MR) is 64.0 cm³/mol. The van der Waals surface area contributed by atoms with Crippen LogP contribution in [0.1, 0.15) is 24.4 Å². The Balaban J connectivity index is 2.42. The van der Waals surface area contributed by atoms with Crippen molar-refractivity contribution >= 4 is 0 Å². The van der Waals surface area contributed by atoms with Crippen molar-refractivity contribution in [1.29, 1.82) is 0 Å². The fourth-order valence-corrected chi connectivity index (χ4v) is 1.90. The van der Waals surface area contributed by atoms with Gasteiger partial charge in [-0.05, 0) is 18.7 Å². The van der Waals surface area contributed by atoms with Gasteiger partial charge in [-0.2, -0.15) is 5.10 Å². The molecule has 92 valence electrons. The van der Waals surface area contributed by atoms with Crippen LogP contribution in [-0.2, 0) is 7.05 Å². The second kappa shape index (κ2) is 5.05. The number of hydrogen-bond acceptors (Lipinski definition) is 4. The van der Waals surface area contributed by atoms with Gasteiger partial charge in [0.15, 0.2) is 5.75 Å². The van der Waals surface area contributed by atoms with Crippen molar-refractivity contribution in [3.05, 3.63) is 36.0 Å². The van der Waals surface area contributed by atoms with Crippen LogP contribution in [0.25, 0.3) is 0 Å². The Kier molecular flexibility index (Phi) is 3.49. The van der Waals surface area contributed by atoms with Crippen LogP contribution in [0.5, 0.6) is 5.75 Å². The molecule has 0 saturated heterocycles. The Morgan fingerprint density at radius 2 is 2.41 bits per heavy atom. The lowest BCUT2D eigenvalue weighted by Crippen LogP contribution is -2.24. The quantitative estimate of drug-likeness (QED) is 0.857. The van der Waals surface area contributed by atoms with E-state index in [2.05, 4.69) is 17.3 Å². The molecule has 0 aromatic carbocycles. The molecule has 1 atom stereocenters. The highest BCUT2D eigenvalue weighted by Crippen LogP contribution is 2.29. The van der Waals surface area contributed by atoms with Crippen LogP contribution < -0.4 is 10.1 Å². The monoisotopic (exact) mass is 235 g/mol. The van der Waals surface area contributed by atoms with E-state index in [0.717, 1.165) is 23.7 Å². The normalized spacial score (nSPS) is 12.6. The summed E-state index contributed by atoms with van der Waals surface area (Å²) >= 11 is 0. The molecule has 2 aromatic heterocycles. The first kappa shape index (κ1) is 11.7. The SMILES string of the molecule is CCNC(c1ccco1)c1c(OC)cnn1C. The minimum atomic E-state index is -0.0440. The van der Waals surface area contributed by atoms with Crippen molar-refractivity contribution in [2.24, 2.45) is 7.05 Å². The minimum Gasteiger partial charge on any atom is -0.493 e. The molecule has 2 heterocycles. The Labute approximate surface area is 100 Å². The number of nitrogens with zero attached hydrogens (tertiary/aromatic N) is 2. The largest absolute Gasteiger partial charge is 0.493 e. The fourth-order valence-electron chi connectivity index (χ4n) is 1.90.